The molecular formula is C26H29N3O3. The van der Waals surface area contributed by atoms with Gasteiger partial charge >= 0.3 is 5.97 Å². The molecule has 0 unspecified atom stereocenters. The van der Waals surface area contributed by atoms with Crippen molar-refractivity contribution in [1.82, 2.24) is 10.2 Å². The number of rotatable bonds is 8. The van der Waals surface area contributed by atoms with Gasteiger partial charge in [0.2, 0.25) is 0 Å². The fraction of sp³-hybridized carbons (Fsp3) is 0.346. The van der Waals surface area contributed by atoms with Crippen LogP contribution >= 0.6 is 0 Å². The van der Waals surface area contributed by atoms with Crippen LogP contribution < -0.4 is 10.1 Å². The molecule has 0 aliphatic heterocycles. The van der Waals surface area contributed by atoms with Crippen LogP contribution in [0.5, 0.6) is 5.75 Å². The number of anilines is 1. The first-order chi connectivity index (χ1) is 15.6. The molecular weight excluding hydrogens is 402 g/mol. The van der Waals surface area contributed by atoms with E-state index in [-0.39, 0.29) is 0 Å². The molecule has 3 aromatic rings. The average Bonchev–Trinajstić information content (AvgIpc) is 2.83. The topological polar surface area (TPSA) is 84.3 Å². The van der Waals surface area contributed by atoms with Gasteiger partial charge in [-0.15, -0.1) is 10.2 Å². The van der Waals surface area contributed by atoms with E-state index in [4.69, 9.17) is 9.84 Å². The Bertz CT molecular complexity index is 1030. The third kappa shape index (κ3) is 5.63. The highest BCUT2D eigenvalue weighted by Gasteiger charge is 2.23. The summed E-state index contributed by atoms with van der Waals surface area (Å²) in [7, 11) is 1.66. The van der Waals surface area contributed by atoms with E-state index in [1.807, 2.05) is 36.4 Å². The summed E-state index contributed by atoms with van der Waals surface area (Å²) in [6.07, 6.45) is 4.41. The second-order valence-electron chi connectivity index (χ2n) is 8.45. The Morgan fingerprint density at radius 2 is 1.81 bits per heavy atom. The highest BCUT2D eigenvalue weighted by Crippen LogP contribution is 2.37. The van der Waals surface area contributed by atoms with Gasteiger partial charge in [-0.25, -0.2) is 0 Å². The third-order valence-electron chi connectivity index (χ3n) is 6.26. The number of nitrogens with one attached hydrogen (secondary N) is 1. The maximum Gasteiger partial charge on any atom is 0.303 e. The molecule has 1 aromatic heterocycles. The quantitative estimate of drug-likeness (QED) is 0.489. The average molecular weight is 432 g/mol. The van der Waals surface area contributed by atoms with Crippen molar-refractivity contribution in [1.29, 1.82) is 0 Å². The minimum absolute atomic E-state index is 0.300. The molecule has 1 aliphatic carbocycles. The van der Waals surface area contributed by atoms with Crippen molar-refractivity contribution >= 4 is 11.8 Å². The van der Waals surface area contributed by atoms with Crippen LogP contribution in [0, 0.1) is 5.92 Å². The fourth-order valence-electron chi connectivity index (χ4n) is 4.43. The second-order valence-corrected chi connectivity index (χ2v) is 8.45. The molecule has 0 spiro atoms. The predicted octanol–water partition coefficient (Wildman–Crippen LogP) is 5.51. The lowest BCUT2D eigenvalue weighted by Gasteiger charge is -2.28. The van der Waals surface area contributed by atoms with Gasteiger partial charge in [0.25, 0.3) is 0 Å². The van der Waals surface area contributed by atoms with E-state index >= 15 is 0 Å². The Morgan fingerprint density at radius 3 is 2.47 bits per heavy atom. The summed E-state index contributed by atoms with van der Waals surface area (Å²) in [5.41, 5.74) is 4.32. The summed E-state index contributed by atoms with van der Waals surface area (Å²) in [5, 5.41) is 21.0. The first-order valence-corrected chi connectivity index (χ1v) is 11.1. The van der Waals surface area contributed by atoms with Crippen molar-refractivity contribution in [2.75, 3.05) is 12.4 Å². The number of aromatic nitrogens is 2. The van der Waals surface area contributed by atoms with Crippen LogP contribution in [0.3, 0.4) is 0 Å². The maximum atomic E-state index is 10.9. The zero-order chi connectivity index (χ0) is 22.3. The molecule has 2 aromatic carbocycles. The number of aliphatic carboxylic acids is 1. The summed E-state index contributed by atoms with van der Waals surface area (Å²) in [6, 6.07) is 20.4. The molecule has 0 saturated heterocycles. The minimum atomic E-state index is -0.680. The van der Waals surface area contributed by atoms with Gasteiger partial charge in [0.1, 0.15) is 11.6 Å². The molecule has 1 aliphatic rings. The Balaban J connectivity index is 1.32. The summed E-state index contributed by atoms with van der Waals surface area (Å²) in [5.74, 6) is 1.73. The molecule has 166 valence electrons. The van der Waals surface area contributed by atoms with E-state index < -0.39 is 5.97 Å². The van der Waals surface area contributed by atoms with Gasteiger partial charge in [-0.1, -0.05) is 36.4 Å². The number of methoxy groups -OCH3 is 1. The van der Waals surface area contributed by atoms with Crippen LogP contribution in [0.25, 0.3) is 11.3 Å². The number of benzene rings is 2. The first kappa shape index (κ1) is 21.8. The number of hydrogen-bond donors (Lipinski definition) is 2. The van der Waals surface area contributed by atoms with Gasteiger partial charge in [-0.3, -0.25) is 4.79 Å². The van der Waals surface area contributed by atoms with Crippen LogP contribution in [-0.4, -0.2) is 28.4 Å². The number of carbonyl (C=O) groups is 1. The Kier molecular flexibility index (Phi) is 7.00. The Morgan fingerprint density at radius 1 is 1.03 bits per heavy atom. The van der Waals surface area contributed by atoms with E-state index in [0.717, 1.165) is 54.1 Å². The molecule has 0 atom stereocenters. The van der Waals surface area contributed by atoms with Gasteiger partial charge in [0, 0.05) is 18.5 Å². The maximum absolute atomic E-state index is 10.9. The largest absolute Gasteiger partial charge is 0.497 e. The number of carboxylic acid groups (broad SMARTS) is 1. The molecule has 0 radical (unpaired) electrons. The van der Waals surface area contributed by atoms with E-state index in [1.54, 1.807) is 7.11 Å². The third-order valence-corrected chi connectivity index (χ3v) is 6.26. The fourth-order valence-corrected chi connectivity index (χ4v) is 4.43. The zero-order valence-corrected chi connectivity index (χ0v) is 18.3. The number of carboxylic acids is 1. The van der Waals surface area contributed by atoms with Crippen molar-refractivity contribution in [2.24, 2.45) is 5.92 Å². The SMILES string of the molecule is COc1cccc(CNc2ccc(-c3ccc(C4CCC(CC(=O)O)CC4)cc3)nn2)c1. The smallest absolute Gasteiger partial charge is 0.303 e. The highest BCUT2D eigenvalue weighted by atomic mass is 16.5. The van der Waals surface area contributed by atoms with Gasteiger partial charge < -0.3 is 15.2 Å². The number of nitrogens with zero attached hydrogens (tertiary/aromatic N) is 2. The van der Waals surface area contributed by atoms with Crippen molar-refractivity contribution in [3.8, 4) is 17.0 Å². The molecule has 6 nitrogen and oxygen atoms in total. The van der Waals surface area contributed by atoms with Gasteiger partial charge in [0.05, 0.1) is 12.8 Å². The monoisotopic (exact) mass is 431 g/mol. The molecule has 4 rings (SSSR count). The van der Waals surface area contributed by atoms with Gasteiger partial charge in [-0.05, 0) is 72.9 Å². The van der Waals surface area contributed by atoms with Crippen LogP contribution in [0.1, 0.15) is 49.1 Å². The van der Waals surface area contributed by atoms with Crippen molar-refractivity contribution < 1.29 is 14.6 Å². The zero-order valence-electron chi connectivity index (χ0n) is 18.3. The Labute approximate surface area is 188 Å². The normalized spacial score (nSPS) is 18.2. The van der Waals surface area contributed by atoms with Crippen molar-refractivity contribution in [3.63, 3.8) is 0 Å². The first-order valence-electron chi connectivity index (χ1n) is 11.1. The van der Waals surface area contributed by atoms with E-state index in [1.165, 1.54) is 5.56 Å². The molecule has 0 bridgehead atoms. The summed E-state index contributed by atoms with van der Waals surface area (Å²) < 4.78 is 5.26. The lowest BCUT2D eigenvalue weighted by atomic mass is 9.77. The van der Waals surface area contributed by atoms with Crippen LogP contribution in [0.2, 0.25) is 0 Å². The summed E-state index contributed by atoms with van der Waals surface area (Å²) >= 11 is 0. The summed E-state index contributed by atoms with van der Waals surface area (Å²) in [6.45, 7) is 0.647. The molecule has 0 amide bonds. The van der Waals surface area contributed by atoms with E-state index in [0.29, 0.717) is 24.8 Å². The molecule has 32 heavy (non-hydrogen) atoms. The van der Waals surface area contributed by atoms with Crippen LogP contribution in [0.4, 0.5) is 5.82 Å². The minimum Gasteiger partial charge on any atom is -0.497 e. The predicted molar refractivity (Wildman–Crippen MR) is 125 cm³/mol. The van der Waals surface area contributed by atoms with Gasteiger partial charge in [-0.2, -0.15) is 0 Å². The molecule has 2 N–H and O–H groups in total. The lowest BCUT2D eigenvalue weighted by molar-refractivity contribution is -0.138. The van der Waals surface area contributed by atoms with E-state index in [2.05, 4.69) is 39.8 Å². The highest BCUT2D eigenvalue weighted by molar-refractivity contribution is 5.67. The Hall–Kier alpha value is -3.41. The van der Waals surface area contributed by atoms with Crippen molar-refractivity contribution in [3.05, 3.63) is 71.8 Å². The molecule has 1 fully saturated rings. The molecule has 1 saturated carbocycles. The van der Waals surface area contributed by atoms with Crippen LogP contribution in [0.15, 0.2) is 60.7 Å². The van der Waals surface area contributed by atoms with Gasteiger partial charge in [0.15, 0.2) is 0 Å². The number of hydrogen-bond acceptors (Lipinski definition) is 5. The molecule has 1 heterocycles. The number of ether oxygens (including phenoxy) is 1. The standard InChI is InChI=1S/C26H29N3O3/c1-32-23-4-2-3-19(15-23)17-27-25-14-13-24(28-29-25)22-11-9-21(10-12-22)20-7-5-18(6-8-20)16-26(30)31/h2-4,9-15,18,20H,5-8,16-17H2,1H3,(H,27,29)(H,30,31). The second kappa shape index (κ2) is 10.3. The van der Waals surface area contributed by atoms with E-state index in [9.17, 15) is 4.79 Å². The van der Waals surface area contributed by atoms with Crippen LogP contribution in [-0.2, 0) is 11.3 Å². The van der Waals surface area contributed by atoms with Crippen molar-refractivity contribution in [2.45, 2.75) is 44.6 Å². The lowest BCUT2D eigenvalue weighted by Crippen LogP contribution is -2.16. The summed E-state index contributed by atoms with van der Waals surface area (Å²) in [4.78, 5) is 10.9. The molecule has 6 heteroatoms.